The molecule has 1 saturated carbocycles. The Hall–Kier alpha value is -3.25. The second-order valence-electron chi connectivity index (χ2n) is 19.1. The van der Waals surface area contributed by atoms with E-state index < -0.39 is 89.9 Å². The molecule has 4 fully saturated rings. The van der Waals surface area contributed by atoms with Crippen LogP contribution < -0.4 is 5.32 Å². The Morgan fingerprint density at radius 1 is 1.02 bits per heavy atom. The molecule has 340 valence electrons. The van der Waals surface area contributed by atoms with Gasteiger partial charge in [-0.2, -0.15) is 0 Å². The lowest BCUT2D eigenvalue weighted by molar-refractivity contribution is -0.317. The van der Waals surface area contributed by atoms with E-state index in [1.807, 2.05) is 76.3 Å². The average Bonchev–Trinajstić information content (AvgIpc) is 3.98. The van der Waals surface area contributed by atoms with E-state index in [2.05, 4.69) is 10.3 Å². The molecule has 4 aliphatic rings. The number of hydrogen-bond acceptors (Lipinski definition) is 12. The van der Waals surface area contributed by atoms with Crippen molar-refractivity contribution in [3.8, 4) is 0 Å². The van der Waals surface area contributed by atoms with Crippen LogP contribution in [0.25, 0.3) is 17.0 Å². The largest absolute Gasteiger partial charge is 0.387 e. The van der Waals surface area contributed by atoms with Crippen LogP contribution in [0.4, 0.5) is 0 Å². The van der Waals surface area contributed by atoms with Crippen molar-refractivity contribution in [1.29, 1.82) is 0 Å². The molecule has 61 heavy (non-hydrogen) atoms. The zero-order valence-electron chi connectivity index (χ0n) is 37.6. The average molecular weight is 855 g/mol. The summed E-state index contributed by atoms with van der Waals surface area (Å²) >= 11 is 0. The van der Waals surface area contributed by atoms with Gasteiger partial charge in [0.15, 0.2) is 12.6 Å². The van der Waals surface area contributed by atoms with Crippen LogP contribution in [-0.2, 0) is 38.1 Å². The van der Waals surface area contributed by atoms with Gasteiger partial charge in [0.1, 0.15) is 12.2 Å². The predicted octanol–water partition coefficient (Wildman–Crippen LogP) is 3.98. The van der Waals surface area contributed by atoms with Crippen LogP contribution >= 0.6 is 0 Å². The number of nitrogens with zero attached hydrogens (tertiary/aromatic N) is 2. The number of likely N-dealkylation sites (N-methyl/N-ethyl adjacent to an activating group) is 1. The number of para-hydroxylation sites is 1. The Bertz CT molecular complexity index is 1860. The van der Waals surface area contributed by atoms with Crippen LogP contribution in [0.1, 0.15) is 92.6 Å². The van der Waals surface area contributed by atoms with Crippen LogP contribution in [0.3, 0.4) is 0 Å². The summed E-state index contributed by atoms with van der Waals surface area (Å²) in [5, 5.41) is 39.5. The number of amides is 3. The van der Waals surface area contributed by atoms with Crippen molar-refractivity contribution in [2.45, 2.75) is 159 Å². The molecule has 3 saturated heterocycles. The fraction of sp³-hybridized carbons (Fsp3) is 0.717. The molecule has 0 radical (unpaired) electrons. The first-order chi connectivity index (χ1) is 28.7. The molecule has 5 N–H and O–H groups in total. The number of aromatic amines is 1. The second kappa shape index (κ2) is 19.2. The number of carbonyl (C=O) groups is 3. The van der Waals surface area contributed by atoms with Gasteiger partial charge in [-0.15, -0.1) is 0 Å². The molecule has 2 aromatic rings. The van der Waals surface area contributed by atoms with Gasteiger partial charge >= 0.3 is 0 Å². The van der Waals surface area contributed by atoms with Gasteiger partial charge in [0.25, 0.3) is 0 Å². The highest BCUT2D eigenvalue weighted by Crippen LogP contribution is 2.40. The lowest BCUT2D eigenvalue weighted by Crippen LogP contribution is -2.61. The first kappa shape index (κ1) is 47.2. The molecule has 4 heterocycles. The van der Waals surface area contributed by atoms with Crippen molar-refractivity contribution in [2.75, 3.05) is 27.7 Å². The second-order valence-corrected chi connectivity index (χ2v) is 19.1. The number of hydrogen-bond donors (Lipinski definition) is 5. The number of rotatable bonds is 9. The molecule has 0 spiro atoms. The number of methoxy groups -OCH3 is 1. The number of nitrogens with one attached hydrogen (secondary N) is 2. The van der Waals surface area contributed by atoms with Gasteiger partial charge in [-0.25, -0.2) is 0 Å². The number of imide groups is 1. The van der Waals surface area contributed by atoms with Crippen LogP contribution in [0.5, 0.6) is 0 Å². The van der Waals surface area contributed by atoms with Crippen molar-refractivity contribution in [2.24, 2.45) is 23.7 Å². The summed E-state index contributed by atoms with van der Waals surface area (Å²) in [6.07, 6.45) is 0.294. The van der Waals surface area contributed by atoms with Gasteiger partial charge in [0, 0.05) is 55.1 Å². The Morgan fingerprint density at radius 3 is 2.39 bits per heavy atom. The summed E-state index contributed by atoms with van der Waals surface area (Å²) in [6, 6.07) is 6.71. The molecule has 1 aromatic heterocycles. The van der Waals surface area contributed by atoms with Crippen LogP contribution in [0.2, 0.25) is 0 Å². The zero-order chi connectivity index (χ0) is 44.6. The highest BCUT2D eigenvalue weighted by atomic mass is 16.7. The minimum atomic E-state index is -1.67. The monoisotopic (exact) mass is 855 g/mol. The topological polar surface area (TPSA) is 192 Å². The number of aliphatic hydroxyl groups excluding tert-OH is 2. The van der Waals surface area contributed by atoms with Crippen molar-refractivity contribution in [3.63, 3.8) is 0 Å². The molecule has 3 aliphatic heterocycles. The third kappa shape index (κ3) is 10.8. The number of benzene rings is 1. The number of ether oxygens (including phenoxy) is 5. The molecule has 6 rings (SSSR count). The van der Waals surface area contributed by atoms with Gasteiger partial charge in [-0.3, -0.25) is 19.3 Å². The third-order valence-corrected chi connectivity index (χ3v) is 13.5. The Balaban J connectivity index is 1.41. The summed E-state index contributed by atoms with van der Waals surface area (Å²) < 4.78 is 31.9. The Morgan fingerprint density at radius 2 is 1.72 bits per heavy atom. The summed E-state index contributed by atoms with van der Waals surface area (Å²) in [7, 11) is 5.27. The van der Waals surface area contributed by atoms with Crippen LogP contribution in [0, 0.1) is 23.7 Å². The van der Waals surface area contributed by atoms with Crippen molar-refractivity contribution >= 4 is 34.7 Å². The maximum atomic E-state index is 14.7. The molecule has 15 heteroatoms. The van der Waals surface area contributed by atoms with E-state index in [4.69, 9.17) is 23.7 Å². The van der Waals surface area contributed by atoms with Crippen LogP contribution in [0.15, 0.2) is 36.5 Å². The highest BCUT2D eigenvalue weighted by molar-refractivity contribution is 5.98. The normalized spacial score (nSPS) is 40.0. The number of fused-ring (bicyclic) bond motifs is 1. The Labute approximate surface area is 360 Å². The predicted molar refractivity (Wildman–Crippen MR) is 229 cm³/mol. The minimum Gasteiger partial charge on any atom is -0.387 e. The molecule has 1 unspecified atom stereocenters. The minimum absolute atomic E-state index is 0.0442. The maximum absolute atomic E-state index is 14.7. The fourth-order valence-electron chi connectivity index (χ4n) is 9.72. The third-order valence-electron chi connectivity index (χ3n) is 13.5. The number of aromatic nitrogens is 1. The van der Waals surface area contributed by atoms with Gasteiger partial charge < -0.3 is 54.2 Å². The lowest BCUT2D eigenvalue weighted by atomic mass is 9.77. The van der Waals surface area contributed by atoms with Gasteiger partial charge in [0.2, 0.25) is 17.7 Å². The van der Waals surface area contributed by atoms with E-state index in [-0.39, 0.29) is 49.8 Å². The molecule has 0 bridgehead atoms. The quantitative estimate of drug-likeness (QED) is 0.229. The van der Waals surface area contributed by atoms with E-state index in [0.29, 0.717) is 19.3 Å². The standard InChI is InChI=1S/C46H70N4O11/c1-25-21-45(6,56)41(61-44-38(52)35(49(8)9)19-26(2)58-44)27(3)39(60-37-22-46(7,57-10)40(53)29(5)59-37)28(4)42(54)48-32(20-36(51)50(24-25)43(55)30-15-16-30)18-17-31-23-47-34-14-12-11-13-33(31)34/h11-14,17-18,23,25-30,32,35,37-41,44,47,52-53,56H,15-16,19-22,24H2,1-10H3,(H,48,54)/b18-17+/t25-,26-,27+,28-,29+,32?,35+,37+,38-,39+,40+,41-,44+,45-,46-/m1/s1. The van der Waals surface area contributed by atoms with E-state index in [1.165, 1.54) is 12.0 Å². The first-order valence-electron chi connectivity index (χ1n) is 22.0. The van der Waals surface area contributed by atoms with Crippen molar-refractivity contribution in [3.05, 3.63) is 42.1 Å². The molecule has 15 nitrogen and oxygen atoms in total. The number of aliphatic hydroxyl groups is 3. The van der Waals surface area contributed by atoms with E-state index in [9.17, 15) is 29.7 Å². The van der Waals surface area contributed by atoms with E-state index in [1.54, 1.807) is 33.8 Å². The summed E-state index contributed by atoms with van der Waals surface area (Å²) in [5.74, 6) is -3.48. The molecular formula is C46H70N4O11. The summed E-state index contributed by atoms with van der Waals surface area (Å²) in [6.45, 7) is 12.5. The molecule has 15 atom stereocenters. The first-order valence-corrected chi connectivity index (χ1v) is 22.0. The maximum Gasteiger partial charge on any atom is 0.232 e. The Kier molecular flexibility index (Phi) is 14.9. The smallest absolute Gasteiger partial charge is 0.232 e. The van der Waals surface area contributed by atoms with Gasteiger partial charge in [-0.1, -0.05) is 51.1 Å². The number of carbonyl (C=O) groups excluding carboxylic acids is 3. The number of H-pyrrole nitrogens is 1. The molecule has 1 aliphatic carbocycles. The fourth-order valence-corrected chi connectivity index (χ4v) is 9.72. The van der Waals surface area contributed by atoms with Gasteiger partial charge in [-0.05, 0) is 85.0 Å². The van der Waals surface area contributed by atoms with E-state index in [0.717, 1.165) is 16.5 Å². The zero-order valence-corrected chi connectivity index (χ0v) is 37.6. The molecule has 3 amide bonds. The summed E-state index contributed by atoms with van der Waals surface area (Å²) in [5.41, 5.74) is -0.896. The SMILES string of the molecule is CO[C@]1(C)C[C@H](O[C@H]2[C@H](C)[C@@H](O[C@@H]3O[C@H](C)C[C@H](N(C)C)[C@H]3O)[C@](C)(O)C[C@@H](C)CN(C(=O)C3CC3)C(=O)CC(/C=C/c3c[nH]c4ccccc34)NC(=O)[C@@H]2C)O[C@@H](C)[C@@H]1O. The summed E-state index contributed by atoms with van der Waals surface area (Å²) in [4.78, 5) is 49.4. The lowest BCUT2D eigenvalue weighted by Gasteiger charge is -2.49. The van der Waals surface area contributed by atoms with Gasteiger partial charge in [0.05, 0.1) is 54.0 Å². The van der Waals surface area contributed by atoms with Crippen molar-refractivity contribution < 1.29 is 53.4 Å². The highest BCUT2D eigenvalue weighted by Gasteiger charge is 2.51. The van der Waals surface area contributed by atoms with E-state index >= 15 is 0 Å². The molecular weight excluding hydrogens is 785 g/mol. The van der Waals surface area contributed by atoms with Crippen LogP contribution in [-0.4, -0.2) is 148 Å². The molecule has 1 aromatic carbocycles. The van der Waals surface area contributed by atoms with Crippen molar-refractivity contribution in [1.82, 2.24) is 20.1 Å².